The van der Waals surface area contributed by atoms with E-state index in [9.17, 15) is 17.6 Å². The summed E-state index contributed by atoms with van der Waals surface area (Å²) in [6, 6.07) is 5.96. The number of sulfone groups is 1. The number of aryl methyl sites for hydroxylation is 1. The number of halogens is 1. The molecule has 1 aromatic heterocycles. The van der Waals surface area contributed by atoms with Crippen LogP contribution >= 0.6 is 0 Å². The minimum atomic E-state index is -3.03. The van der Waals surface area contributed by atoms with Gasteiger partial charge in [-0.15, -0.1) is 0 Å². The molecule has 1 atom stereocenters. The van der Waals surface area contributed by atoms with Gasteiger partial charge in [0.25, 0.3) is 0 Å². The molecule has 2 aromatic rings. The number of aromatic nitrogens is 1. The van der Waals surface area contributed by atoms with Gasteiger partial charge in [-0.2, -0.15) is 0 Å². The molecule has 25 heavy (non-hydrogen) atoms. The number of rotatable bonds is 5. The van der Waals surface area contributed by atoms with Crippen molar-refractivity contribution in [1.82, 2.24) is 9.88 Å². The third kappa shape index (κ3) is 4.07. The second-order valence-corrected chi connectivity index (χ2v) is 8.39. The highest BCUT2D eigenvalue weighted by Crippen LogP contribution is 2.24. The monoisotopic (exact) mass is 366 g/mol. The smallest absolute Gasteiger partial charge is 0.223 e. The first-order valence-corrected chi connectivity index (χ1v) is 9.83. The molecule has 1 fully saturated rings. The molecular weight excluding hydrogens is 347 g/mol. The van der Waals surface area contributed by atoms with Crippen molar-refractivity contribution in [2.75, 3.05) is 18.6 Å². The van der Waals surface area contributed by atoms with Crippen LogP contribution in [0.1, 0.15) is 18.7 Å². The highest BCUT2D eigenvalue weighted by atomic mass is 32.2. The van der Waals surface area contributed by atoms with Crippen LogP contribution in [-0.2, 0) is 21.1 Å². The van der Waals surface area contributed by atoms with Crippen LogP contribution in [0.5, 0.6) is 0 Å². The van der Waals surface area contributed by atoms with E-state index in [1.165, 1.54) is 17.2 Å². The van der Waals surface area contributed by atoms with Crippen LogP contribution < -0.4 is 0 Å². The normalized spacial score (nSPS) is 19.0. The van der Waals surface area contributed by atoms with Gasteiger partial charge in [-0.1, -0.05) is 12.1 Å². The Bertz CT molecular complexity index is 878. The van der Waals surface area contributed by atoms with Gasteiger partial charge in [0, 0.05) is 25.9 Å². The van der Waals surface area contributed by atoms with Crippen molar-refractivity contribution < 1.29 is 22.0 Å². The van der Waals surface area contributed by atoms with Crippen molar-refractivity contribution >= 4 is 15.7 Å². The van der Waals surface area contributed by atoms with Crippen LogP contribution in [0.2, 0.25) is 0 Å². The standard InChI is InChI=1S/C17H19FN2O4S/c1-20(12-8-9-25(22,23)11-12)17(21)7-6-16-19-10-15(24-16)13-4-2-3-5-14(13)18/h2-5,10,12H,6-9,11H2,1H3/t12-/m0/s1. The molecule has 0 unspecified atom stereocenters. The molecule has 0 radical (unpaired) electrons. The minimum absolute atomic E-state index is 0.0195. The summed E-state index contributed by atoms with van der Waals surface area (Å²) in [6.45, 7) is 0. The van der Waals surface area contributed by atoms with Gasteiger partial charge in [0.1, 0.15) is 5.82 Å². The van der Waals surface area contributed by atoms with Crippen molar-refractivity contribution in [3.8, 4) is 11.3 Å². The third-order valence-electron chi connectivity index (χ3n) is 4.40. The second kappa shape index (κ2) is 6.95. The Kier molecular flexibility index (Phi) is 4.89. The SMILES string of the molecule is CN(C(=O)CCc1ncc(-c2ccccc2F)o1)[C@H]1CCS(=O)(=O)C1. The van der Waals surface area contributed by atoms with Gasteiger partial charge >= 0.3 is 0 Å². The molecule has 1 aromatic carbocycles. The van der Waals surface area contributed by atoms with Crippen LogP contribution in [0.4, 0.5) is 4.39 Å². The van der Waals surface area contributed by atoms with E-state index < -0.39 is 15.7 Å². The Morgan fingerprint density at radius 3 is 2.84 bits per heavy atom. The molecular formula is C17H19FN2O4S. The number of nitrogens with zero attached hydrogens (tertiary/aromatic N) is 2. The summed E-state index contributed by atoms with van der Waals surface area (Å²) in [5.41, 5.74) is 0.320. The molecule has 134 valence electrons. The second-order valence-electron chi connectivity index (χ2n) is 6.16. The zero-order valence-corrected chi connectivity index (χ0v) is 14.6. The predicted octanol–water partition coefficient (Wildman–Crippen LogP) is 2.06. The molecule has 3 rings (SSSR count). The summed E-state index contributed by atoms with van der Waals surface area (Å²) in [7, 11) is -1.41. The quantitative estimate of drug-likeness (QED) is 0.809. The average Bonchev–Trinajstić information content (AvgIpc) is 3.18. The predicted molar refractivity (Wildman–Crippen MR) is 90.0 cm³/mol. The topological polar surface area (TPSA) is 80.5 Å². The molecule has 8 heteroatoms. The summed E-state index contributed by atoms with van der Waals surface area (Å²) in [5, 5.41) is 0. The summed E-state index contributed by atoms with van der Waals surface area (Å²) in [5.74, 6) is 0.248. The zero-order valence-electron chi connectivity index (χ0n) is 13.8. The molecule has 0 aliphatic carbocycles. The van der Waals surface area contributed by atoms with E-state index in [0.717, 1.165) is 0 Å². The lowest BCUT2D eigenvalue weighted by Gasteiger charge is -2.23. The maximum absolute atomic E-state index is 13.7. The van der Waals surface area contributed by atoms with Crippen molar-refractivity contribution in [2.45, 2.75) is 25.3 Å². The number of hydrogen-bond donors (Lipinski definition) is 0. The van der Waals surface area contributed by atoms with Crippen molar-refractivity contribution in [3.63, 3.8) is 0 Å². The van der Waals surface area contributed by atoms with E-state index in [1.807, 2.05) is 0 Å². The summed E-state index contributed by atoms with van der Waals surface area (Å²) < 4.78 is 42.3. The molecule has 1 saturated heterocycles. The molecule has 0 saturated carbocycles. The number of hydrogen-bond acceptors (Lipinski definition) is 5. The Morgan fingerprint density at radius 2 is 2.16 bits per heavy atom. The van der Waals surface area contributed by atoms with Crippen LogP contribution in [0.25, 0.3) is 11.3 Å². The van der Waals surface area contributed by atoms with Crippen LogP contribution in [0.3, 0.4) is 0 Å². The van der Waals surface area contributed by atoms with Gasteiger partial charge in [-0.3, -0.25) is 4.79 Å². The maximum atomic E-state index is 13.7. The van der Waals surface area contributed by atoms with Gasteiger partial charge < -0.3 is 9.32 Å². The lowest BCUT2D eigenvalue weighted by atomic mass is 10.2. The summed E-state index contributed by atoms with van der Waals surface area (Å²) >= 11 is 0. The lowest BCUT2D eigenvalue weighted by Crippen LogP contribution is -2.37. The van der Waals surface area contributed by atoms with Crippen LogP contribution in [-0.4, -0.2) is 48.8 Å². The van der Waals surface area contributed by atoms with Gasteiger partial charge in [0.2, 0.25) is 5.91 Å². The summed E-state index contributed by atoms with van der Waals surface area (Å²) in [4.78, 5) is 17.8. The van der Waals surface area contributed by atoms with Crippen molar-refractivity contribution in [3.05, 3.63) is 42.2 Å². The zero-order chi connectivity index (χ0) is 18.0. The molecule has 1 aliphatic heterocycles. The molecule has 0 N–H and O–H groups in total. The van der Waals surface area contributed by atoms with Gasteiger partial charge in [-0.05, 0) is 18.6 Å². The van der Waals surface area contributed by atoms with E-state index >= 15 is 0 Å². The van der Waals surface area contributed by atoms with Crippen LogP contribution in [0.15, 0.2) is 34.9 Å². The van der Waals surface area contributed by atoms with Gasteiger partial charge in [0.15, 0.2) is 21.5 Å². The number of carbonyl (C=O) groups is 1. The van der Waals surface area contributed by atoms with Crippen LogP contribution in [0, 0.1) is 5.82 Å². The van der Waals surface area contributed by atoms with E-state index in [4.69, 9.17) is 4.42 Å². The van der Waals surface area contributed by atoms with E-state index in [2.05, 4.69) is 4.98 Å². The number of amides is 1. The first kappa shape index (κ1) is 17.6. The number of oxazole rings is 1. The first-order chi connectivity index (χ1) is 11.9. The molecule has 0 bridgehead atoms. The highest BCUT2D eigenvalue weighted by Gasteiger charge is 2.32. The Labute approximate surface area is 145 Å². The molecule has 1 amide bonds. The minimum Gasteiger partial charge on any atom is -0.441 e. The maximum Gasteiger partial charge on any atom is 0.223 e. The first-order valence-electron chi connectivity index (χ1n) is 8.01. The fraction of sp³-hybridized carbons (Fsp3) is 0.412. The van der Waals surface area contributed by atoms with E-state index in [0.29, 0.717) is 23.6 Å². The van der Waals surface area contributed by atoms with Crippen molar-refractivity contribution in [1.29, 1.82) is 0 Å². The van der Waals surface area contributed by atoms with Crippen molar-refractivity contribution in [2.24, 2.45) is 0 Å². The fourth-order valence-electron chi connectivity index (χ4n) is 2.89. The van der Waals surface area contributed by atoms with Gasteiger partial charge in [0.05, 0.1) is 23.3 Å². The van der Waals surface area contributed by atoms with Gasteiger partial charge in [-0.25, -0.2) is 17.8 Å². The number of benzene rings is 1. The van der Waals surface area contributed by atoms with E-state index in [-0.39, 0.29) is 36.3 Å². The highest BCUT2D eigenvalue weighted by molar-refractivity contribution is 7.91. The largest absolute Gasteiger partial charge is 0.441 e. The average molecular weight is 366 g/mol. The molecule has 0 spiro atoms. The third-order valence-corrected chi connectivity index (χ3v) is 6.15. The van der Waals surface area contributed by atoms with E-state index in [1.54, 1.807) is 25.2 Å². The Hall–Kier alpha value is -2.22. The Morgan fingerprint density at radius 1 is 1.40 bits per heavy atom. The summed E-state index contributed by atoms with van der Waals surface area (Å²) in [6.07, 6.45) is 2.34. The molecule has 6 nitrogen and oxygen atoms in total. The lowest BCUT2D eigenvalue weighted by molar-refractivity contribution is -0.131. The molecule has 2 heterocycles. The Balaban J connectivity index is 1.59. The number of carbonyl (C=O) groups excluding carboxylic acids is 1. The fourth-order valence-corrected chi connectivity index (χ4v) is 4.66. The molecule has 1 aliphatic rings.